The molecule has 2 aromatic heterocycles. The quantitative estimate of drug-likeness (QED) is 0.0856. The standard InChI is InChI=1S/C122H111BN4/c1-116(2,3)78-38-22-34-74(58-78)91-62-82(120(13,14)15)63-92(75-35-23-39-79(59-75)117(4,5)6)114(91)126-101-68-85(124-97-54-46-70-30-26-42-87-88-43-27-31-71-47-55-98(124)110(106(71)88)109(97)105(70)87)50-52-95(101)123-96-53-51-86(125-99-56-48-72-32-28-44-89-90-45-29-33-73-49-57-100(125)112(108(73)90)111(99)107(72)89)69-102(96)127(104-67-84(122(19,20)21)66-103(126)113(104)123)115-93(76-36-24-40-80(60-76)118(7,8)9)64-83(121(16,17)18)65-94(115)77-37-25-41-81(61-77)119(10,11)12/h22-69H,1-21H3. The van der Waals surface area contributed by atoms with Gasteiger partial charge >= 0.3 is 0 Å². The van der Waals surface area contributed by atoms with Gasteiger partial charge in [-0.1, -0.05) is 352 Å². The molecule has 4 nitrogen and oxygen atoms in total. The van der Waals surface area contributed by atoms with Crippen LogP contribution in [0.5, 0.6) is 0 Å². The van der Waals surface area contributed by atoms with Crippen LogP contribution in [-0.4, -0.2) is 15.8 Å². The number of benzene rings is 19. The van der Waals surface area contributed by atoms with Crippen molar-refractivity contribution in [2.45, 2.75) is 183 Å². The Morgan fingerprint density at radius 2 is 0.457 bits per heavy atom. The monoisotopic (exact) mass is 1640 g/mol. The first-order valence-corrected chi connectivity index (χ1v) is 46.1. The number of nitrogens with zero attached hydrogens (tertiary/aromatic N) is 4. The van der Waals surface area contributed by atoms with E-state index in [2.05, 4.69) is 456 Å². The Morgan fingerprint density at radius 3 is 0.717 bits per heavy atom. The van der Waals surface area contributed by atoms with Crippen LogP contribution in [-0.2, 0) is 37.9 Å². The molecule has 4 heterocycles. The summed E-state index contributed by atoms with van der Waals surface area (Å²) in [5.41, 5.74) is 34.6. The van der Waals surface area contributed by atoms with Crippen LogP contribution < -0.4 is 26.2 Å². The van der Waals surface area contributed by atoms with Crippen LogP contribution in [0.2, 0.25) is 0 Å². The van der Waals surface area contributed by atoms with E-state index < -0.39 is 5.41 Å². The molecule has 127 heavy (non-hydrogen) atoms. The van der Waals surface area contributed by atoms with E-state index in [1.54, 1.807) is 0 Å². The minimum absolute atomic E-state index is 0.155. The van der Waals surface area contributed by atoms with Gasteiger partial charge in [0.15, 0.2) is 0 Å². The second-order valence-electron chi connectivity index (χ2n) is 44.6. The van der Waals surface area contributed by atoms with E-state index in [1.165, 1.54) is 208 Å². The highest BCUT2D eigenvalue weighted by molar-refractivity contribution is 7.00. The molecule has 0 saturated carbocycles. The molecule has 0 spiro atoms. The highest BCUT2D eigenvalue weighted by Crippen LogP contribution is 2.59. The summed E-state index contributed by atoms with van der Waals surface area (Å²) < 4.78 is 5.27. The maximum atomic E-state index is 2.83. The molecule has 0 amide bonds. The average molecular weight is 1640 g/mol. The molecular formula is C122H111BN4. The van der Waals surface area contributed by atoms with Gasteiger partial charge in [0.2, 0.25) is 0 Å². The summed E-state index contributed by atoms with van der Waals surface area (Å²) in [6.45, 7) is 49.9. The van der Waals surface area contributed by atoms with Crippen molar-refractivity contribution in [2.75, 3.05) is 9.80 Å². The van der Waals surface area contributed by atoms with Gasteiger partial charge in [0.1, 0.15) is 0 Å². The van der Waals surface area contributed by atoms with Crippen molar-refractivity contribution in [1.82, 2.24) is 9.13 Å². The van der Waals surface area contributed by atoms with Crippen LogP contribution in [0.4, 0.5) is 34.1 Å². The third-order valence-corrected chi connectivity index (χ3v) is 29.1. The van der Waals surface area contributed by atoms with Gasteiger partial charge in [0.05, 0.1) is 33.4 Å². The van der Waals surface area contributed by atoms with Crippen LogP contribution in [0.3, 0.4) is 0 Å². The smallest absolute Gasteiger partial charge is 0.252 e. The van der Waals surface area contributed by atoms with E-state index in [0.29, 0.717) is 0 Å². The molecule has 0 unspecified atom stereocenters. The molecule has 0 saturated heterocycles. The lowest BCUT2D eigenvalue weighted by atomic mass is 9.33. The van der Waals surface area contributed by atoms with E-state index in [0.717, 1.165) is 45.5 Å². The maximum absolute atomic E-state index is 2.83. The zero-order valence-corrected chi connectivity index (χ0v) is 77.6. The highest BCUT2D eigenvalue weighted by atomic mass is 15.2. The first-order valence-electron chi connectivity index (χ1n) is 46.1. The lowest BCUT2D eigenvalue weighted by Crippen LogP contribution is -2.61. The summed E-state index contributed by atoms with van der Waals surface area (Å²) in [4.78, 5) is 5.67. The van der Waals surface area contributed by atoms with Crippen LogP contribution in [0.25, 0.3) is 164 Å². The van der Waals surface area contributed by atoms with Crippen molar-refractivity contribution in [3.05, 3.63) is 330 Å². The Balaban J connectivity index is 0.920. The van der Waals surface area contributed by atoms with Crippen LogP contribution >= 0.6 is 0 Å². The Labute approximate surface area is 748 Å². The van der Waals surface area contributed by atoms with Crippen LogP contribution in [0, 0.1) is 0 Å². The first-order chi connectivity index (χ1) is 60.4. The summed E-state index contributed by atoms with van der Waals surface area (Å²) in [7, 11) is 0. The average Bonchev–Trinajstić information content (AvgIpc) is 1.65. The molecule has 23 rings (SSSR count). The fourth-order valence-corrected chi connectivity index (χ4v) is 22.2. The zero-order chi connectivity index (χ0) is 87.9. The fraction of sp³-hybridized carbons (Fsp3) is 0.230. The van der Waals surface area contributed by atoms with Crippen molar-refractivity contribution in [2.24, 2.45) is 0 Å². The highest BCUT2D eigenvalue weighted by Gasteiger charge is 2.48. The van der Waals surface area contributed by atoms with Crippen molar-refractivity contribution in [1.29, 1.82) is 0 Å². The molecule has 2 aliphatic heterocycles. The van der Waals surface area contributed by atoms with Crippen molar-refractivity contribution in [3.8, 4) is 55.9 Å². The Hall–Kier alpha value is -13.0. The first kappa shape index (κ1) is 78.7. The van der Waals surface area contributed by atoms with E-state index in [-0.39, 0.29) is 39.2 Å². The van der Waals surface area contributed by atoms with Gasteiger partial charge in [0.25, 0.3) is 6.71 Å². The second kappa shape index (κ2) is 26.8. The fourth-order valence-electron chi connectivity index (χ4n) is 22.2. The number of hydrogen-bond donors (Lipinski definition) is 0. The predicted octanol–water partition coefficient (Wildman–Crippen LogP) is 32.4. The lowest BCUT2D eigenvalue weighted by molar-refractivity contribution is 0.589. The normalized spacial score (nSPS) is 13.8. The van der Waals surface area contributed by atoms with Gasteiger partial charge in [-0.05, 0) is 265 Å². The summed E-state index contributed by atoms with van der Waals surface area (Å²) in [5.74, 6) is 0. The summed E-state index contributed by atoms with van der Waals surface area (Å²) >= 11 is 0. The van der Waals surface area contributed by atoms with E-state index in [1.807, 2.05) is 0 Å². The minimum Gasteiger partial charge on any atom is -0.310 e. The maximum Gasteiger partial charge on any atom is 0.252 e. The molecule has 0 aliphatic carbocycles. The molecule has 5 heteroatoms. The van der Waals surface area contributed by atoms with E-state index in [9.17, 15) is 0 Å². The van der Waals surface area contributed by atoms with Crippen molar-refractivity contribution >= 4 is 165 Å². The van der Waals surface area contributed by atoms with Gasteiger partial charge in [-0.3, -0.25) is 0 Å². The number of hydrogen-bond acceptors (Lipinski definition) is 2. The molecule has 19 aromatic carbocycles. The van der Waals surface area contributed by atoms with Crippen molar-refractivity contribution in [3.63, 3.8) is 0 Å². The number of rotatable bonds is 8. The van der Waals surface area contributed by atoms with Crippen LogP contribution in [0.15, 0.2) is 291 Å². The molecule has 0 bridgehead atoms. The Morgan fingerprint density at radius 1 is 0.205 bits per heavy atom. The van der Waals surface area contributed by atoms with E-state index in [4.69, 9.17) is 0 Å². The summed E-state index contributed by atoms with van der Waals surface area (Å²) in [6, 6.07) is 116. The largest absolute Gasteiger partial charge is 0.310 e. The third-order valence-electron chi connectivity index (χ3n) is 29.1. The van der Waals surface area contributed by atoms with Gasteiger partial charge in [-0.15, -0.1) is 0 Å². The summed E-state index contributed by atoms with van der Waals surface area (Å²) in [6.07, 6.45) is 0. The topological polar surface area (TPSA) is 16.3 Å². The van der Waals surface area contributed by atoms with Gasteiger partial charge in [-0.25, -0.2) is 0 Å². The van der Waals surface area contributed by atoms with Gasteiger partial charge in [-0.2, -0.15) is 0 Å². The molecular weight excluding hydrogens is 1530 g/mol. The van der Waals surface area contributed by atoms with Crippen LogP contribution in [0.1, 0.15) is 184 Å². The number of aromatic nitrogens is 2. The SMILES string of the molecule is CC(C)(C)c1cccc(-c2cc(C(C)(C)C)cc(-c3cccc(C(C)(C)C)c3)c2N2c3cc(-n4c5ccc6cccc7c8cccc9ccc4c(c98)c5c67)ccc3B3c4ccc(-n5c6ccc7cccc8c9cccc%10ccc5c(c%109)c6c78)cc4N(c4c(-c5cccc(C(C)(C)C)c5)cc(C(C)(C)C)cc4-c4cccc(C(C)(C)C)c4)c4cc(C(C)(C)C)cc2c43)c1. The molecule has 622 valence electrons. The second-order valence-corrected chi connectivity index (χ2v) is 44.6. The van der Waals surface area contributed by atoms with Gasteiger partial charge in [0, 0.05) is 77.9 Å². The zero-order valence-electron chi connectivity index (χ0n) is 77.6. The molecule has 0 N–H and O–H groups in total. The Kier molecular flexibility index (Phi) is 16.6. The number of fused-ring (bicyclic) bond motifs is 6. The van der Waals surface area contributed by atoms with Gasteiger partial charge < -0.3 is 18.9 Å². The van der Waals surface area contributed by atoms with Crippen molar-refractivity contribution < 1.29 is 0 Å². The predicted molar refractivity (Wildman–Crippen MR) is 552 cm³/mol. The molecule has 0 fully saturated rings. The molecule has 2 aliphatic rings. The lowest BCUT2D eigenvalue weighted by Gasteiger charge is -2.47. The summed E-state index contributed by atoms with van der Waals surface area (Å²) in [5, 5.41) is 20.8. The Bertz CT molecular complexity index is 7350. The molecule has 0 radical (unpaired) electrons. The number of anilines is 6. The molecule has 21 aromatic rings. The van der Waals surface area contributed by atoms with E-state index >= 15 is 0 Å². The third kappa shape index (κ3) is 11.8. The minimum atomic E-state index is -0.396. The molecule has 0 atom stereocenters.